The van der Waals surface area contributed by atoms with Gasteiger partial charge in [0.15, 0.2) is 5.25 Å². The topological polar surface area (TPSA) is 95.6 Å². The van der Waals surface area contributed by atoms with Crippen molar-refractivity contribution in [2.75, 3.05) is 18.4 Å². The van der Waals surface area contributed by atoms with Crippen LogP contribution >= 0.6 is 11.8 Å². The summed E-state index contributed by atoms with van der Waals surface area (Å²) in [7, 11) is -3.62. The number of benzene rings is 1. The quantitative estimate of drug-likeness (QED) is 0.741. The molecule has 1 aliphatic carbocycles. The molecule has 4 rings (SSSR count). The molecule has 27 heavy (non-hydrogen) atoms. The Morgan fingerprint density at radius 2 is 1.85 bits per heavy atom. The molecule has 3 aliphatic rings. The highest BCUT2D eigenvalue weighted by Crippen LogP contribution is 2.38. The van der Waals surface area contributed by atoms with E-state index >= 15 is 0 Å². The number of hydrogen-bond acceptors (Lipinski definition) is 5. The lowest BCUT2D eigenvalue weighted by atomic mass is 10.2. The van der Waals surface area contributed by atoms with Crippen molar-refractivity contribution in [1.29, 1.82) is 0 Å². The van der Waals surface area contributed by atoms with Crippen LogP contribution in [0.15, 0.2) is 28.0 Å². The maximum Gasteiger partial charge on any atom is 0.247 e. The van der Waals surface area contributed by atoms with Gasteiger partial charge >= 0.3 is 0 Å². The van der Waals surface area contributed by atoms with Gasteiger partial charge in [-0.15, -0.1) is 11.8 Å². The van der Waals surface area contributed by atoms with Gasteiger partial charge in [0, 0.05) is 24.0 Å². The second-order valence-corrected chi connectivity index (χ2v) is 10.1. The number of carbonyl (C=O) groups is 2. The molecule has 0 aromatic heterocycles. The Hall–Kier alpha value is -1.58. The molecule has 1 atom stereocenters. The van der Waals surface area contributed by atoms with Gasteiger partial charge in [0.05, 0.1) is 10.6 Å². The second-order valence-electron chi connectivity index (χ2n) is 7.28. The van der Waals surface area contributed by atoms with Crippen LogP contribution in [0.5, 0.6) is 0 Å². The fraction of sp³-hybridized carbons (Fsp3) is 0.556. The standard InChI is InChI=1S/C18H23N3O4S2/c22-17-16(18(23)21-9-3-4-10-21)26-15-8-7-13(11-14(15)19-17)27(24,25)20-12-5-1-2-6-12/h7-8,11-12,16,20H,1-6,9-10H2,(H,19,22)/t16-/m0/s1. The molecule has 1 saturated heterocycles. The van der Waals surface area contributed by atoms with E-state index in [9.17, 15) is 18.0 Å². The van der Waals surface area contributed by atoms with Crippen LogP contribution in [0.4, 0.5) is 5.69 Å². The van der Waals surface area contributed by atoms with Crippen LogP contribution in [0.2, 0.25) is 0 Å². The van der Waals surface area contributed by atoms with E-state index in [0.29, 0.717) is 23.7 Å². The van der Waals surface area contributed by atoms with Crippen LogP contribution in [0.3, 0.4) is 0 Å². The molecule has 146 valence electrons. The second kappa shape index (κ2) is 7.44. The first-order valence-electron chi connectivity index (χ1n) is 9.37. The molecule has 1 aromatic carbocycles. The molecule has 0 unspecified atom stereocenters. The zero-order chi connectivity index (χ0) is 19.0. The minimum atomic E-state index is -3.62. The Kier molecular flexibility index (Phi) is 5.17. The van der Waals surface area contributed by atoms with E-state index in [-0.39, 0.29) is 22.8 Å². The first-order valence-corrected chi connectivity index (χ1v) is 11.7. The lowest BCUT2D eigenvalue weighted by Gasteiger charge is -2.27. The third kappa shape index (κ3) is 3.86. The van der Waals surface area contributed by atoms with Crippen molar-refractivity contribution in [3.8, 4) is 0 Å². The van der Waals surface area contributed by atoms with Crippen LogP contribution in [-0.4, -0.2) is 49.5 Å². The van der Waals surface area contributed by atoms with Crippen LogP contribution < -0.4 is 10.0 Å². The number of sulfonamides is 1. The van der Waals surface area contributed by atoms with E-state index in [4.69, 9.17) is 0 Å². The minimum absolute atomic E-state index is 0.0162. The number of rotatable bonds is 4. The zero-order valence-electron chi connectivity index (χ0n) is 14.9. The lowest BCUT2D eigenvalue weighted by Crippen LogP contribution is -2.43. The molecular weight excluding hydrogens is 386 g/mol. The van der Waals surface area contributed by atoms with Gasteiger partial charge in [-0.3, -0.25) is 9.59 Å². The molecular formula is C18H23N3O4S2. The average Bonchev–Trinajstić information content (AvgIpc) is 3.33. The number of thioether (sulfide) groups is 1. The molecule has 2 fully saturated rings. The number of nitrogens with one attached hydrogen (secondary N) is 2. The summed E-state index contributed by atoms with van der Waals surface area (Å²) in [6.45, 7) is 1.39. The largest absolute Gasteiger partial charge is 0.341 e. The smallest absolute Gasteiger partial charge is 0.247 e. The summed E-state index contributed by atoms with van der Waals surface area (Å²) in [5.74, 6) is -0.553. The van der Waals surface area contributed by atoms with Gasteiger partial charge in [-0.05, 0) is 43.9 Å². The Morgan fingerprint density at radius 1 is 1.15 bits per heavy atom. The number of carbonyl (C=O) groups excluding carboxylic acids is 2. The van der Waals surface area contributed by atoms with Crippen LogP contribution in [0.1, 0.15) is 38.5 Å². The Labute approximate surface area is 163 Å². The minimum Gasteiger partial charge on any atom is -0.341 e. The van der Waals surface area contributed by atoms with E-state index in [1.807, 2.05) is 0 Å². The van der Waals surface area contributed by atoms with Gasteiger partial charge < -0.3 is 10.2 Å². The highest BCUT2D eigenvalue weighted by Gasteiger charge is 2.37. The van der Waals surface area contributed by atoms with Gasteiger partial charge in [-0.1, -0.05) is 12.8 Å². The van der Waals surface area contributed by atoms with Gasteiger partial charge in [0.1, 0.15) is 0 Å². The van der Waals surface area contributed by atoms with Gasteiger partial charge in [0.25, 0.3) is 0 Å². The van der Waals surface area contributed by atoms with Crippen molar-refractivity contribution >= 4 is 39.3 Å². The third-order valence-corrected chi connectivity index (χ3v) is 8.10. The van der Waals surface area contributed by atoms with Crippen LogP contribution in [0.25, 0.3) is 0 Å². The molecule has 0 spiro atoms. The van der Waals surface area contributed by atoms with Crippen LogP contribution in [-0.2, 0) is 19.6 Å². The summed E-state index contributed by atoms with van der Waals surface area (Å²) in [4.78, 5) is 27.6. The third-order valence-electron chi connectivity index (χ3n) is 5.32. The van der Waals surface area contributed by atoms with Crippen LogP contribution in [0, 0.1) is 0 Å². The van der Waals surface area contributed by atoms with Crippen molar-refractivity contribution in [1.82, 2.24) is 9.62 Å². The van der Waals surface area contributed by atoms with E-state index in [0.717, 1.165) is 38.5 Å². The van der Waals surface area contributed by atoms with Crippen molar-refractivity contribution in [3.63, 3.8) is 0 Å². The fourth-order valence-electron chi connectivity index (χ4n) is 3.85. The monoisotopic (exact) mass is 409 g/mol. The molecule has 2 N–H and O–H groups in total. The molecule has 2 amide bonds. The van der Waals surface area contributed by atoms with Gasteiger partial charge in [0.2, 0.25) is 21.8 Å². The summed E-state index contributed by atoms with van der Waals surface area (Å²) in [5.41, 5.74) is 0.449. The maximum atomic E-state index is 12.6. The molecule has 9 heteroatoms. The van der Waals surface area contributed by atoms with Crippen molar-refractivity contribution in [3.05, 3.63) is 18.2 Å². The van der Waals surface area contributed by atoms with E-state index in [2.05, 4.69) is 10.0 Å². The first-order chi connectivity index (χ1) is 12.9. The number of fused-ring (bicyclic) bond motifs is 1. The predicted molar refractivity (Wildman–Crippen MR) is 103 cm³/mol. The maximum absolute atomic E-state index is 12.6. The molecule has 1 saturated carbocycles. The number of amides is 2. The Balaban J connectivity index is 1.52. The summed E-state index contributed by atoms with van der Waals surface area (Å²) in [6, 6.07) is 4.68. The normalized spacial score (nSPS) is 23.3. The fourth-order valence-corrected chi connectivity index (χ4v) is 6.24. The molecule has 0 radical (unpaired) electrons. The highest BCUT2D eigenvalue weighted by molar-refractivity contribution is 8.01. The molecule has 2 aliphatic heterocycles. The highest BCUT2D eigenvalue weighted by atomic mass is 32.2. The summed E-state index contributed by atoms with van der Waals surface area (Å²) in [6.07, 6.45) is 5.73. The molecule has 7 nitrogen and oxygen atoms in total. The SMILES string of the molecule is O=C1Nc2cc(S(=O)(=O)NC3CCCC3)ccc2S[C@@H]1C(=O)N1CCCC1. The van der Waals surface area contributed by atoms with E-state index < -0.39 is 15.3 Å². The van der Waals surface area contributed by atoms with Gasteiger partial charge in [-0.25, -0.2) is 13.1 Å². The first kappa shape index (κ1) is 18.8. The number of hydrogen-bond donors (Lipinski definition) is 2. The van der Waals surface area contributed by atoms with Gasteiger partial charge in [-0.2, -0.15) is 0 Å². The molecule has 2 heterocycles. The lowest BCUT2D eigenvalue weighted by molar-refractivity contribution is -0.133. The van der Waals surface area contributed by atoms with E-state index in [1.165, 1.54) is 23.9 Å². The molecule has 0 bridgehead atoms. The Morgan fingerprint density at radius 3 is 2.56 bits per heavy atom. The Bertz CT molecular complexity index is 859. The summed E-state index contributed by atoms with van der Waals surface area (Å²) < 4.78 is 28.0. The predicted octanol–water partition coefficient (Wildman–Crippen LogP) is 1.94. The van der Waals surface area contributed by atoms with E-state index in [1.54, 1.807) is 11.0 Å². The number of anilines is 1. The number of nitrogens with zero attached hydrogens (tertiary/aromatic N) is 1. The summed E-state index contributed by atoms with van der Waals surface area (Å²) in [5, 5.41) is 1.91. The van der Waals surface area contributed by atoms with Crippen molar-refractivity contribution in [2.24, 2.45) is 0 Å². The van der Waals surface area contributed by atoms with Crippen molar-refractivity contribution < 1.29 is 18.0 Å². The number of likely N-dealkylation sites (tertiary alicyclic amines) is 1. The average molecular weight is 410 g/mol. The van der Waals surface area contributed by atoms with Crippen molar-refractivity contribution in [2.45, 2.75) is 59.6 Å². The molecule has 1 aromatic rings. The summed E-state index contributed by atoms with van der Waals surface area (Å²) >= 11 is 1.19. The zero-order valence-corrected chi connectivity index (χ0v) is 16.6.